The smallest absolute Gasteiger partial charge is 0.0518 e. The van der Waals surface area contributed by atoms with Gasteiger partial charge in [-0.25, -0.2) is 0 Å². The zero-order chi connectivity index (χ0) is 13.0. The molecule has 18 heavy (non-hydrogen) atoms. The summed E-state index contributed by atoms with van der Waals surface area (Å²) < 4.78 is 5.57. The fourth-order valence-corrected chi connectivity index (χ4v) is 2.16. The Morgan fingerprint density at radius 3 is 2.56 bits per heavy atom. The lowest BCUT2D eigenvalue weighted by molar-refractivity contribution is 0.0737. The highest BCUT2D eigenvalue weighted by molar-refractivity contribution is 5.86. The monoisotopic (exact) mass is 243 g/mol. The molecule has 0 aromatic heterocycles. The van der Waals surface area contributed by atoms with Crippen molar-refractivity contribution in [2.75, 3.05) is 6.61 Å². The molecule has 1 atom stereocenters. The van der Waals surface area contributed by atoms with Gasteiger partial charge in [0.15, 0.2) is 0 Å². The van der Waals surface area contributed by atoms with Crippen LogP contribution in [-0.4, -0.2) is 12.7 Å². The molecule has 0 saturated heterocycles. The van der Waals surface area contributed by atoms with Crippen molar-refractivity contribution in [1.82, 2.24) is 0 Å². The van der Waals surface area contributed by atoms with Crippen LogP contribution in [0.5, 0.6) is 0 Å². The summed E-state index contributed by atoms with van der Waals surface area (Å²) in [5.74, 6) is 0. The van der Waals surface area contributed by atoms with Gasteiger partial charge < -0.3 is 10.5 Å². The van der Waals surface area contributed by atoms with E-state index in [1.165, 1.54) is 16.3 Å². The third-order valence-corrected chi connectivity index (χ3v) is 3.10. The Bertz CT molecular complexity index is 502. The Hall–Kier alpha value is -1.38. The van der Waals surface area contributed by atoms with Gasteiger partial charge in [-0.1, -0.05) is 42.5 Å². The fraction of sp³-hybridized carbons (Fsp3) is 0.375. The lowest BCUT2D eigenvalue weighted by Gasteiger charge is -2.15. The van der Waals surface area contributed by atoms with E-state index >= 15 is 0 Å². The lowest BCUT2D eigenvalue weighted by Crippen LogP contribution is -2.15. The maximum atomic E-state index is 6.27. The number of ether oxygens (including phenoxy) is 1. The van der Waals surface area contributed by atoms with E-state index in [1.54, 1.807) is 0 Å². The van der Waals surface area contributed by atoms with Gasteiger partial charge in [-0.2, -0.15) is 0 Å². The fourth-order valence-electron chi connectivity index (χ4n) is 2.16. The first-order chi connectivity index (χ1) is 8.68. The molecule has 2 aromatic rings. The molecule has 2 nitrogen and oxygen atoms in total. The van der Waals surface area contributed by atoms with E-state index in [0.29, 0.717) is 6.61 Å². The third-order valence-electron chi connectivity index (χ3n) is 3.10. The van der Waals surface area contributed by atoms with Crippen molar-refractivity contribution in [3.05, 3.63) is 48.0 Å². The minimum atomic E-state index is 0.0369. The lowest BCUT2D eigenvalue weighted by atomic mass is 9.98. The van der Waals surface area contributed by atoms with Crippen LogP contribution in [0, 0.1) is 0 Å². The van der Waals surface area contributed by atoms with Crippen molar-refractivity contribution in [2.24, 2.45) is 5.73 Å². The molecule has 0 amide bonds. The average molecular weight is 243 g/mol. The van der Waals surface area contributed by atoms with Crippen molar-refractivity contribution in [1.29, 1.82) is 0 Å². The molecule has 0 fully saturated rings. The second kappa shape index (κ2) is 5.98. The SMILES string of the molecule is CC(C)OCCC(N)c1cccc2ccccc12. The van der Waals surface area contributed by atoms with Gasteiger partial charge in [0, 0.05) is 12.6 Å². The van der Waals surface area contributed by atoms with Crippen LogP contribution in [0.25, 0.3) is 10.8 Å². The van der Waals surface area contributed by atoms with Gasteiger partial charge in [-0.05, 0) is 36.6 Å². The number of nitrogens with two attached hydrogens (primary N) is 1. The van der Waals surface area contributed by atoms with Crippen molar-refractivity contribution < 1.29 is 4.74 Å². The van der Waals surface area contributed by atoms with Gasteiger partial charge in [0.25, 0.3) is 0 Å². The maximum absolute atomic E-state index is 6.27. The molecule has 2 heteroatoms. The van der Waals surface area contributed by atoms with Crippen molar-refractivity contribution in [3.8, 4) is 0 Å². The number of rotatable bonds is 5. The Morgan fingerprint density at radius 2 is 1.78 bits per heavy atom. The minimum absolute atomic E-state index is 0.0369. The van der Waals surface area contributed by atoms with E-state index in [-0.39, 0.29) is 12.1 Å². The van der Waals surface area contributed by atoms with Crippen LogP contribution < -0.4 is 5.73 Å². The zero-order valence-corrected chi connectivity index (χ0v) is 11.1. The summed E-state index contributed by atoms with van der Waals surface area (Å²) in [7, 11) is 0. The number of hydrogen-bond acceptors (Lipinski definition) is 2. The summed E-state index contributed by atoms with van der Waals surface area (Å²) in [5.41, 5.74) is 7.48. The van der Waals surface area contributed by atoms with Crippen LogP contribution in [0.2, 0.25) is 0 Å². The van der Waals surface area contributed by atoms with Crippen LogP contribution in [0.15, 0.2) is 42.5 Å². The van der Waals surface area contributed by atoms with Gasteiger partial charge in [0.05, 0.1) is 6.10 Å². The zero-order valence-electron chi connectivity index (χ0n) is 11.1. The Kier molecular flexibility index (Phi) is 4.34. The second-order valence-corrected chi connectivity index (χ2v) is 4.88. The van der Waals surface area contributed by atoms with Gasteiger partial charge in [0.2, 0.25) is 0 Å². The van der Waals surface area contributed by atoms with E-state index in [9.17, 15) is 0 Å². The molecule has 0 aliphatic heterocycles. The number of benzene rings is 2. The summed E-state index contributed by atoms with van der Waals surface area (Å²) in [6.45, 7) is 4.80. The van der Waals surface area contributed by atoms with Crippen LogP contribution in [0.1, 0.15) is 31.9 Å². The van der Waals surface area contributed by atoms with Crippen LogP contribution >= 0.6 is 0 Å². The van der Waals surface area contributed by atoms with E-state index in [2.05, 4.69) is 42.5 Å². The summed E-state index contributed by atoms with van der Waals surface area (Å²) >= 11 is 0. The van der Waals surface area contributed by atoms with Gasteiger partial charge in [0.1, 0.15) is 0 Å². The predicted molar refractivity (Wildman–Crippen MR) is 76.6 cm³/mol. The molecule has 1 unspecified atom stereocenters. The molecule has 2 aromatic carbocycles. The summed E-state index contributed by atoms with van der Waals surface area (Å²) in [5, 5.41) is 2.49. The Morgan fingerprint density at radius 1 is 1.06 bits per heavy atom. The second-order valence-electron chi connectivity index (χ2n) is 4.88. The van der Waals surface area contributed by atoms with Crippen LogP contribution in [0.4, 0.5) is 0 Å². The topological polar surface area (TPSA) is 35.2 Å². The first-order valence-corrected chi connectivity index (χ1v) is 6.53. The summed E-state index contributed by atoms with van der Waals surface area (Å²) in [6, 6.07) is 14.7. The maximum Gasteiger partial charge on any atom is 0.0518 e. The first-order valence-electron chi connectivity index (χ1n) is 6.53. The molecule has 2 N–H and O–H groups in total. The Balaban J connectivity index is 2.15. The standard InChI is InChI=1S/C16H21NO/c1-12(2)18-11-10-16(17)15-9-5-7-13-6-3-4-8-14(13)15/h3-9,12,16H,10-11,17H2,1-2H3. The molecular formula is C16H21NO. The summed E-state index contributed by atoms with van der Waals surface area (Å²) in [4.78, 5) is 0. The Labute approximate surface area is 109 Å². The van der Waals surface area contributed by atoms with Crippen molar-refractivity contribution >= 4 is 10.8 Å². The number of fused-ring (bicyclic) bond motifs is 1. The number of hydrogen-bond donors (Lipinski definition) is 1. The summed E-state index contributed by atoms with van der Waals surface area (Å²) in [6.07, 6.45) is 1.12. The molecule has 96 valence electrons. The van der Waals surface area contributed by atoms with Crippen molar-refractivity contribution in [2.45, 2.75) is 32.4 Å². The highest BCUT2D eigenvalue weighted by atomic mass is 16.5. The van der Waals surface area contributed by atoms with E-state index in [0.717, 1.165) is 6.42 Å². The van der Waals surface area contributed by atoms with Crippen LogP contribution in [0.3, 0.4) is 0 Å². The van der Waals surface area contributed by atoms with E-state index < -0.39 is 0 Å². The molecule has 0 bridgehead atoms. The van der Waals surface area contributed by atoms with Crippen LogP contribution in [-0.2, 0) is 4.74 Å². The molecule has 0 radical (unpaired) electrons. The van der Waals surface area contributed by atoms with Gasteiger partial charge in [-0.15, -0.1) is 0 Å². The van der Waals surface area contributed by atoms with E-state index in [1.807, 2.05) is 13.8 Å². The molecule has 2 rings (SSSR count). The highest BCUT2D eigenvalue weighted by Gasteiger charge is 2.09. The molecule has 0 heterocycles. The molecule has 0 aliphatic rings. The minimum Gasteiger partial charge on any atom is -0.379 e. The predicted octanol–water partition coefficient (Wildman–Crippen LogP) is 3.65. The highest BCUT2D eigenvalue weighted by Crippen LogP contribution is 2.24. The molecule has 0 saturated carbocycles. The quantitative estimate of drug-likeness (QED) is 0.870. The van der Waals surface area contributed by atoms with E-state index in [4.69, 9.17) is 10.5 Å². The van der Waals surface area contributed by atoms with Gasteiger partial charge >= 0.3 is 0 Å². The molecule has 0 aliphatic carbocycles. The normalized spacial score (nSPS) is 13.1. The largest absolute Gasteiger partial charge is 0.379 e. The molecular weight excluding hydrogens is 222 g/mol. The average Bonchev–Trinajstić information content (AvgIpc) is 2.37. The van der Waals surface area contributed by atoms with Crippen molar-refractivity contribution in [3.63, 3.8) is 0 Å². The third kappa shape index (κ3) is 3.09. The first kappa shape index (κ1) is 13.1. The molecule has 0 spiro atoms. The van der Waals surface area contributed by atoms with Gasteiger partial charge in [-0.3, -0.25) is 0 Å².